The maximum absolute atomic E-state index is 4.66. The third kappa shape index (κ3) is 8.57. The smallest absolute Gasteiger partial charge is 0.191 e. The van der Waals surface area contributed by atoms with Gasteiger partial charge in [-0.15, -0.1) is 35.3 Å². The minimum Gasteiger partial charge on any atom is -0.357 e. The largest absolute Gasteiger partial charge is 0.357 e. The van der Waals surface area contributed by atoms with Gasteiger partial charge in [-0.25, -0.2) is 4.98 Å². The van der Waals surface area contributed by atoms with E-state index in [9.17, 15) is 0 Å². The Hall–Kier alpha value is -0.0200. The van der Waals surface area contributed by atoms with E-state index < -0.39 is 0 Å². The molecule has 4 nitrogen and oxygen atoms in total. The van der Waals surface area contributed by atoms with Crippen molar-refractivity contribution in [3.8, 4) is 0 Å². The summed E-state index contributed by atoms with van der Waals surface area (Å²) in [4.78, 5) is 9.25. The second-order valence-electron chi connectivity index (χ2n) is 5.42. The fourth-order valence-electron chi connectivity index (χ4n) is 1.61. The first-order valence-electron chi connectivity index (χ1n) is 7.51. The lowest BCUT2D eigenvalue weighted by molar-refractivity contribution is 0.709. The van der Waals surface area contributed by atoms with E-state index in [1.807, 2.05) is 11.8 Å². The number of aliphatic imine (C=N–C) groups is 1. The summed E-state index contributed by atoms with van der Waals surface area (Å²) in [5.74, 6) is 0.894. The first kappa shape index (κ1) is 22.0. The zero-order valence-electron chi connectivity index (χ0n) is 14.2. The minimum absolute atomic E-state index is 0. The molecule has 1 aromatic heterocycles. The quantitative estimate of drug-likeness (QED) is 0.357. The van der Waals surface area contributed by atoms with Crippen LogP contribution in [0.15, 0.2) is 10.4 Å². The topological polar surface area (TPSA) is 49.3 Å². The van der Waals surface area contributed by atoms with Crippen LogP contribution < -0.4 is 10.6 Å². The van der Waals surface area contributed by atoms with Gasteiger partial charge in [-0.1, -0.05) is 6.92 Å². The lowest BCUT2D eigenvalue weighted by Gasteiger charge is -2.20. The molecule has 0 aromatic carbocycles. The van der Waals surface area contributed by atoms with Gasteiger partial charge in [0.1, 0.15) is 0 Å². The number of thiazole rings is 1. The molecular weight excluding hydrogens is 427 g/mol. The summed E-state index contributed by atoms with van der Waals surface area (Å²) in [5.41, 5.74) is 1.17. The van der Waals surface area contributed by atoms with Crippen LogP contribution in [0.3, 0.4) is 0 Å². The van der Waals surface area contributed by atoms with Crippen LogP contribution in [0, 0.1) is 0 Å². The number of nitrogens with one attached hydrogen (secondary N) is 2. The summed E-state index contributed by atoms with van der Waals surface area (Å²) in [7, 11) is 0. The van der Waals surface area contributed by atoms with Crippen LogP contribution in [0.25, 0.3) is 0 Å². The summed E-state index contributed by atoms with van der Waals surface area (Å²) in [6.45, 7) is 11.2. The average Bonchev–Trinajstić information content (AvgIpc) is 2.93. The van der Waals surface area contributed by atoms with Crippen LogP contribution in [0.4, 0.5) is 0 Å². The number of rotatable bonds is 8. The van der Waals surface area contributed by atoms with Crippen LogP contribution in [0.1, 0.15) is 38.4 Å². The Morgan fingerprint density at radius 1 is 1.36 bits per heavy atom. The van der Waals surface area contributed by atoms with Crippen molar-refractivity contribution in [2.75, 3.05) is 25.9 Å². The summed E-state index contributed by atoms with van der Waals surface area (Å²) >= 11 is 3.59. The molecule has 1 aromatic rings. The van der Waals surface area contributed by atoms with Gasteiger partial charge < -0.3 is 10.6 Å². The van der Waals surface area contributed by atoms with Gasteiger partial charge in [0.15, 0.2) is 5.96 Å². The summed E-state index contributed by atoms with van der Waals surface area (Å²) in [5, 5.41) is 10.1. The molecule has 0 bridgehead atoms. The molecule has 0 unspecified atom stereocenters. The Kier molecular flexibility index (Phi) is 11.5. The summed E-state index contributed by atoms with van der Waals surface area (Å²) in [6, 6.07) is 0. The zero-order valence-corrected chi connectivity index (χ0v) is 18.2. The van der Waals surface area contributed by atoms with Gasteiger partial charge in [-0.2, -0.15) is 11.8 Å². The number of nitrogens with zero attached hydrogens (tertiary/aromatic N) is 2. The molecule has 2 N–H and O–H groups in total. The number of halogens is 1. The molecule has 7 heteroatoms. The average molecular weight is 456 g/mol. The highest BCUT2D eigenvalue weighted by atomic mass is 127. The molecule has 1 rings (SSSR count). The van der Waals surface area contributed by atoms with Gasteiger partial charge in [-0.05, 0) is 33.4 Å². The third-order valence-corrected chi connectivity index (χ3v) is 5.37. The molecule has 0 amide bonds. The highest BCUT2D eigenvalue weighted by Gasteiger charge is 2.15. The van der Waals surface area contributed by atoms with Crippen molar-refractivity contribution in [3.63, 3.8) is 0 Å². The lowest BCUT2D eigenvalue weighted by atomic mass is 10.2. The van der Waals surface area contributed by atoms with Gasteiger partial charge in [0.05, 0.1) is 17.2 Å². The van der Waals surface area contributed by atoms with E-state index in [1.54, 1.807) is 11.3 Å². The maximum atomic E-state index is 4.66. The molecule has 0 spiro atoms. The normalized spacial score (nSPS) is 12.0. The molecule has 0 aliphatic rings. The first-order chi connectivity index (χ1) is 10.0. The molecule has 0 saturated carbocycles. The predicted molar refractivity (Wildman–Crippen MR) is 112 cm³/mol. The molecule has 0 fully saturated rings. The van der Waals surface area contributed by atoms with Crippen LogP contribution in [0.2, 0.25) is 0 Å². The Bertz CT molecular complexity index is 447. The van der Waals surface area contributed by atoms with E-state index in [-0.39, 0.29) is 28.7 Å². The number of guanidine groups is 1. The van der Waals surface area contributed by atoms with Crippen LogP contribution in [0.5, 0.6) is 0 Å². The Morgan fingerprint density at radius 2 is 2.09 bits per heavy atom. The van der Waals surface area contributed by atoms with Crippen LogP contribution in [-0.2, 0) is 12.8 Å². The Labute approximate surface area is 160 Å². The number of hydrogen-bond donors (Lipinski definition) is 2. The highest BCUT2D eigenvalue weighted by Crippen LogP contribution is 2.20. The molecule has 128 valence electrons. The van der Waals surface area contributed by atoms with E-state index in [1.165, 1.54) is 10.7 Å². The van der Waals surface area contributed by atoms with E-state index in [0.29, 0.717) is 0 Å². The number of hydrogen-bond acceptors (Lipinski definition) is 4. The maximum Gasteiger partial charge on any atom is 0.191 e. The van der Waals surface area contributed by atoms with Crippen molar-refractivity contribution < 1.29 is 0 Å². The minimum atomic E-state index is 0. The fourth-order valence-corrected chi connectivity index (χ4v) is 2.58. The molecule has 0 atom stereocenters. The standard InChI is InChI=1S/C15H28N4S2.HI/c1-6-13-19-12(10-21-13)8-9-17-14(16-7-2)18-11-15(3,4)20-5;/h10H,6-9,11H2,1-5H3,(H2,16,17,18);1H. The van der Waals surface area contributed by atoms with Crippen molar-refractivity contribution in [3.05, 3.63) is 16.1 Å². The second-order valence-corrected chi connectivity index (χ2v) is 7.88. The van der Waals surface area contributed by atoms with E-state index in [4.69, 9.17) is 0 Å². The highest BCUT2D eigenvalue weighted by molar-refractivity contribution is 14.0. The fraction of sp³-hybridized carbons (Fsp3) is 0.733. The second kappa shape index (κ2) is 11.5. The van der Waals surface area contributed by atoms with Crippen LogP contribution >= 0.6 is 47.1 Å². The Balaban J connectivity index is 0.00000441. The van der Waals surface area contributed by atoms with Crippen LogP contribution in [-0.4, -0.2) is 41.6 Å². The monoisotopic (exact) mass is 456 g/mol. The van der Waals surface area contributed by atoms with Crippen molar-refractivity contribution in [1.82, 2.24) is 15.6 Å². The van der Waals surface area contributed by atoms with Crippen molar-refractivity contribution in [2.45, 2.75) is 45.3 Å². The lowest BCUT2D eigenvalue weighted by Crippen LogP contribution is -2.39. The molecule has 0 aliphatic carbocycles. The molecule has 0 radical (unpaired) electrons. The molecular formula is C15H29IN4S2. The number of aromatic nitrogens is 1. The number of aryl methyl sites for hydroxylation is 1. The number of thioether (sulfide) groups is 1. The van der Waals surface area contributed by atoms with Crippen molar-refractivity contribution >= 4 is 53.0 Å². The van der Waals surface area contributed by atoms with E-state index in [0.717, 1.165) is 38.4 Å². The van der Waals surface area contributed by atoms with E-state index >= 15 is 0 Å². The van der Waals surface area contributed by atoms with E-state index in [2.05, 4.69) is 59.9 Å². The first-order valence-corrected chi connectivity index (χ1v) is 9.61. The third-order valence-electron chi connectivity index (χ3n) is 3.09. The molecule has 0 aliphatic heterocycles. The Morgan fingerprint density at radius 3 is 2.64 bits per heavy atom. The van der Waals surface area contributed by atoms with Gasteiger partial charge in [0.25, 0.3) is 0 Å². The summed E-state index contributed by atoms with van der Waals surface area (Å²) < 4.78 is 0.174. The molecule has 22 heavy (non-hydrogen) atoms. The molecule has 1 heterocycles. The molecule has 0 saturated heterocycles. The zero-order chi connectivity index (χ0) is 15.7. The van der Waals surface area contributed by atoms with Crippen molar-refractivity contribution in [1.29, 1.82) is 0 Å². The SMILES string of the molecule is CCNC(=NCC(C)(C)SC)NCCc1csc(CC)n1.I. The van der Waals surface area contributed by atoms with Gasteiger partial charge in [-0.3, -0.25) is 4.99 Å². The van der Waals surface area contributed by atoms with Crippen molar-refractivity contribution in [2.24, 2.45) is 4.99 Å². The van der Waals surface area contributed by atoms with Gasteiger partial charge in [0, 0.05) is 29.6 Å². The predicted octanol–water partition coefficient (Wildman–Crippen LogP) is 3.56. The van der Waals surface area contributed by atoms with Gasteiger partial charge >= 0.3 is 0 Å². The summed E-state index contributed by atoms with van der Waals surface area (Å²) in [6.07, 6.45) is 4.09. The van der Waals surface area contributed by atoms with Gasteiger partial charge in [0.2, 0.25) is 0 Å².